The molecule has 0 spiro atoms. The standard InChI is InChI=1S/C10H21NSi/c1-4-12(2,3)11-9-7-5-6-8-10-11/h4H,1,5-10H2,2-3H3. The van der Waals surface area contributed by atoms with Gasteiger partial charge in [0.2, 0.25) is 0 Å². The highest BCUT2D eigenvalue weighted by Crippen LogP contribution is 2.17. The van der Waals surface area contributed by atoms with Crippen molar-refractivity contribution in [3.63, 3.8) is 0 Å². The summed E-state index contributed by atoms with van der Waals surface area (Å²) in [6, 6.07) is 0. The van der Waals surface area contributed by atoms with E-state index >= 15 is 0 Å². The van der Waals surface area contributed by atoms with Gasteiger partial charge in [-0.1, -0.05) is 31.6 Å². The van der Waals surface area contributed by atoms with Crippen molar-refractivity contribution in [2.24, 2.45) is 0 Å². The summed E-state index contributed by atoms with van der Waals surface area (Å²) in [5, 5.41) is 0. The predicted octanol–water partition coefficient (Wildman–Crippen LogP) is 2.79. The first kappa shape index (κ1) is 10.0. The molecule has 1 saturated heterocycles. The van der Waals surface area contributed by atoms with Gasteiger partial charge in [0.05, 0.1) is 0 Å². The molecule has 0 amide bonds. The third-order valence-electron chi connectivity index (χ3n) is 2.92. The average molecular weight is 183 g/mol. The van der Waals surface area contributed by atoms with Crippen LogP contribution in [0.25, 0.3) is 0 Å². The van der Waals surface area contributed by atoms with E-state index in [0.29, 0.717) is 0 Å². The van der Waals surface area contributed by atoms with E-state index in [9.17, 15) is 0 Å². The van der Waals surface area contributed by atoms with E-state index in [1.165, 1.54) is 38.8 Å². The summed E-state index contributed by atoms with van der Waals surface area (Å²) in [7, 11) is -1.21. The van der Waals surface area contributed by atoms with Gasteiger partial charge in [0.1, 0.15) is 8.24 Å². The molecule has 1 rings (SSSR count). The van der Waals surface area contributed by atoms with Gasteiger partial charge in [0, 0.05) is 0 Å². The Kier molecular flexibility index (Phi) is 3.53. The van der Waals surface area contributed by atoms with Gasteiger partial charge in [0.15, 0.2) is 0 Å². The van der Waals surface area contributed by atoms with Gasteiger partial charge in [-0.25, -0.2) is 0 Å². The van der Waals surface area contributed by atoms with Crippen molar-refractivity contribution in [1.29, 1.82) is 0 Å². The molecule has 0 saturated carbocycles. The number of rotatable bonds is 2. The Hall–Kier alpha value is -0.0831. The zero-order valence-electron chi connectivity index (χ0n) is 8.47. The zero-order chi connectivity index (χ0) is 9.03. The van der Waals surface area contributed by atoms with Crippen LogP contribution >= 0.6 is 0 Å². The fraction of sp³-hybridized carbons (Fsp3) is 0.800. The second-order valence-electron chi connectivity index (χ2n) is 4.26. The van der Waals surface area contributed by atoms with Gasteiger partial charge in [-0.05, 0) is 25.9 Å². The minimum Gasteiger partial charge on any atom is -0.321 e. The second kappa shape index (κ2) is 4.24. The molecule has 1 nitrogen and oxygen atoms in total. The smallest absolute Gasteiger partial charge is 0.146 e. The van der Waals surface area contributed by atoms with Crippen LogP contribution in [0, 0.1) is 0 Å². The molecule has 0 aromatic carbocycles. The molecule has 12 heavy (non-hydrogen) atoms. The van der Waals surface area contributed by atoms with E-state index in [1.54, 1.807) is 0 Å². The Morgan fingerprint density at radius 2 is 1.58 bits per heavy atom. The lowest BCUT2D eigenvalue weighted by Gasteiger charge is -2.33. The van der Waals surface area contributed by atoms with Crippen molar-refractivity contribution in [1.82, 2.24) is 4.57 Å². The molecule has 1 heterocycles. The van der Waals surface area contributed by atoms with Crippen LogP contribution in [0.4, 0.5) is 0 Å². The molecule has 0 aromatic rings. The van der Waals surface area contributed by atoms with Crippen LogP contribution in [0.3, 0.4) is 0 Å². The molecule has 0 radical (unpaired) electrons. The molecule has 70 valence electrons. The summed E-state index contributed by atoms with van der Waals surface area (Å²) in [6.07, 6.45) is 5.64. The molecule has 2 heteroatoms. The lowest BCUT2D eigenvalue weighted by Crippen LogP contribution is -2.47. The van der Waals surface area contributed by atoms with E-state index in [-0.39, 0.29) is 0 Å². The molecule has 1 fully saturated rings. The highest BCUT2D eigenvalue weighted by atomic mass is 28.3. The molecule has 1 aliphatic rings. The van der Waals surface area contributed by atoms with E-state index in [0.717, 1.165) is 0 Å². The number of hydrogen-bond donors (Lipinski definition) is 0. The van der Waals surface area contributed by atoms with Crippen molar-refractivity contribution < 1.29 is 0 Å². The Morgan fingerprint density at radius 1 is 1.08 bits per heavy atom. The van der Waals surface area contributed by atoms with Crippen molar-refractivity contribution >= 4 is 8.24 Å². The maximum absolute atomic E-state index is 3.96. The normalized spacial score (nSPS) is 21.8. The Morgan fingerprint density at radius 3 is 2.00 bits per heavy atom. The largest absolute Gasteiger partial charge is 0.321 e. The van der Waals surface area contributed by atoms with Gasteiger partial charge in [-0.3, -0.25) is 0 Å². The topological polar surface area (TPSA) is 3.24 Å². The van der Waals surface area contributed by atoms with Crippen LogP contribution in [0.1, 0.15) is 25.7 Å². The quantitative estimate of drug-likeness (QED) is 0.595. The van der Waals surface area contributed by atoms with E-state index in [4.69, 9.17) is 0 Å². The average Bonchev–Trinajstić information content (AvgIpc) is 2.32. The zero-order valence-corrected chi connectivity index (χ0v) is 9.47. The van der Waals surface area contributed by atoms with Crippen molar-refractivity contribution in [3.8, 4) is 0 Å². The van der Waals surface area contributed by atoms with Crippen LogP contribution in [-0.2, 0) is 0 Å². The van der Waals surface area contributed by atoms with Gasteiger partial charge < -0.3 is 4.57 Å². The third-order valence-corrected chi connectivity index (χ3v) is 6.00. The van der Waals surface area contributed by atoms with E-state index in [2.05, 4.69) is 29.9 Å². The minimum atomic E-state index is -1.21. The predicted molar refractivity (Wildman–Crippen MR) is 57.7 cm³/mol. The van der Waals surface area contributed by atoms with Gasteiger partial charge in [0.25, 0.3) is 0 Å². The summed E-state index contributed by atoms with van der Waals surface area (Å²) in [6.45, 7) is 11.4. The Labute approximate surface area is 77.5 Å². The summed E-state index contributed by atoms with van der Waals surface area (Å²) in [4.78, 5) is 0. The highest BCUT2D eigenvalue weighted by molar-refractivity contribution is 6.79. The molecular formula is C10H21NSi. The maximum Gasteiger partial charge on any atom is 0.146 e. The fourth-order valence-electron chi connectivity index (χ4n) is 1.78. The first-order chi connectivity index (χ1) is 5.67. The first-order valence-electron chi connectivity index (χ1n) is 5.05. The van der Waals surface area contributed by atoms with Gasteiger partial charge in [-0.15, -0.1) is 6.58 Å². The molecule has 0 aliphatic carbocycles. The summed E-state index contributed by atoms with van der Waals surface area (Å²) in [5.74, 6) is 0. The van der Waals surface area contributed by atoms with Crippen LogP contribution < -0.4 is 0 Å². The van der Waals surface area contributed by atoms with Crippen LogP contribution in [0.15, 0.2) is 12.3 Å². The number of hydrogen-bond acceptors (Lipinski definition) is 1. The molecular weight excluding hydrogens is 162 g/mol. The van der Waals surface area contributed by atoms with Crippen LogP contribution in [-0.4, -0.2) is 25.9 Å². The van der Waals surface area contributed by atoms with Gasteiger partial charge in [-0.2, -0.15) is 0 Å². The molecule has 0 unspecified atom stereocenters. The van der Waals surface area contributed by atoms with Crippen molar-refractivity contribution in [2.45, 2.75) is 38.8 Å². The molecule has 0 aromatic heterocycles. The Bertz CT molecular complexity index is 146. The third kappa shape index (κ3) is 2.46. The highest BCUT2D eigenvalue weighted by Gasteiger charge is 2.25. The maximum atomic E-state index is 3.96. The summed E-state index contributed by atoms with van der Waals surface area (Å²) in [5.41, 5.74) is 2.21. The van der Waals surface area contributed by atoms with Crippen molar-refractivity contribution in [2.75, 3.05) is 13.1 Å². The SMILES string of the molecule is C=C[Si](C)(C)N1CCCCCC1. The lowest BCUT2D eigenvalue weighted by atomic mass is 10.2. The molecule has 1 aliphatic heterocycles. The molecule has 0 atom stereocenters. The molecule has 0 bridgehead atoms. The summed E-state index contributed by atoms with van der Waals surface area (Å²) >= 11 is 0. The first-order valence-corrected chi connectivity index (χ1v) is 8.08. The second-order valence-corrected chi connectivity index (χ2v) is 8.61. The summed E-state index contributed by atoms with van der Waals surface area (Å²) < 4.78 is 2.69. The monoisotopic (exact) mass is 183 g/mol. The van der Waals surface area contributed by atoms with E-state index < -0.39 is 8.24 Å². The lowest BCUT2D eigenvalue weighted by molar-refractivity contribution is 0.442. The molecule has 0 N–H and O–H groups in total. The fourth-order valence-corrected chi connectivity index (χ4v) is 3.50. The van der Waals surface area contributed by atoms with Gasteiger partial charge >= 0.3 is 0 Å². The van der Waals surface area contributed by atoms with Crippen molar-refractivity contribution in [3.05, 3.63) is 12.3 Å². The van der Waals surface area contributed by atoms with Crippen LogP contribution in [0.5, 0.6) is 0 Å². The van der Waals surface area contributed by atoms with Crippen LogP contribution in [0.2, 0.25) is 13.1 Å². The Balaban J connectivity index is 2.53. The minimum absolute atomic E-state index is 1.21. The van der Waals surface area contributed by atoms with E-state index in [1.807, 2.05) is 0 Å². The number of nitrogens with zero attached hydrogens (tertiary/aromatic N) is 1.